The number of amides is 2. The van der Waals surface area contributed by atoms with Gasteiger partial charge in [0, 0.05) is 36.8 Å². The molecule has 0 bridgehead atoms. The maximum absolute atomic E-state index is 13.1. The van der Waals surface area contributed by atoms with Crippen molar-refractivity contribution in [1.82, 2.24) is 24.7 Å². The first kappa shape index (κ1) is 23.7. The number of hydrogen-bond acceptors (Lipinski definition) is 6. The van der Waals surface area contributed by atoms with Crippen LogP contribution in [0.25, 0.3) is 5.65 Å². The molecule has 180 valence electrons. The van der Waals surface area contributed by atoms with E-state index in [2.05, 4.69) is 20.6 Å². The van der Waals surface area contributed by atoms with Crippen LogP contribution in [0.3, 0.4) is 0 Å². The van der Waals surface area contributed by atoms with Crippen molar-refractivity contribution in [3.8, 4) is 0 Å². The molecule has 1 aliphatic rings. The van der Waals surface area contributed by atoms with Crippen LogP contribution in [0.5, 0.6) is 0 Å². The van der Waals surface area contributed by atoms with Crippen molar-refractivity contribution in [3.63, 3.8) is 0 Å². The zero-order valence-corrected chi connectivity index (χ0v) is 18.8. The molecule has 0 atom stereocenters. The smallest absolute Gasteiger partial charge is 0.355 e. The molecule has 0 saturated carbocycles. The topological polar surface area (TPSA) is 95.7 Å². The van der Waals surface area contributed by atoms with Crippen molar-refractivity contribution in [1.29, 1.82) is 0 Å². The Balaban J connectivity index is 1.34. The molecule has 2 aromatic heterocycles. The number of fused-ring (bicyclic) bond motifs is 1. The van der Waals surface area contributed by atoms with Gasteiger partial charge in [-0.05, 0) is 43.2 Å². The summed E-state index contributed by atoms with van der Waals surface area (Å²) in [7, 11) is 1.56. The second kappa shape index (κ2) is 9.45. The highest BCUT2D eigenvalue weighted by atomic mass is 35.5. The van der Waals surface area contributed by atoms with Gasteiger partial charge in [-0.15, -0.1) is 15.3 Å². The van der Waals surface area contributed by atoms with E-state index >= 15 is 0 Å². The highest BCUT2D eigenvalue weighted by Crippen LogP contribution is 2.29. The van der Waals surface area contributed by atoms with Crippen LogP contribution in [0.15, 0.2) is 36.4 Å². The van der Waals surface area contributed by atoms with E-state index in [0.29, 0.717) is 47.0 Å². The molecule has 1 fully saturated rings. The minimum absolute atomic E-state index is 0.00110. The Morgan fingerprint density at radius 3 is 2.59 bits per heavy atom. The lowest BCUT2D eigenvalue weighted by atomic mass is 9.95. The standard InChI is InChI=1S/C21H21ClF3N7O2/c1-30(12-18(33)26-15-4-2-3-14(22)11-15)19(34)13-7-9-31(10-8-13)17-6-5-16-27-28-20(21(23,24)25)32(16)29-17/h2-6,11,13H,7-10,12H2,1H3,(H,26,33). The van der Waals surface area contributed by atoms with Crippen molar-refractivity contribution in [2.45, 2.75) is 19.0 Å². The first-order valence-corrected chi connectivity index (χ1v) is 10.8. The molecular formula is C21H21ClF3N7O2. The lowest BCUT2D eigenvalue weighted by Gasteiger charge is -2.33. The summed E-state index contributed by atoms with van der Waals surface area (Å²) in [6.07, 6.45) is -3.71. The van der Waals surface area contributed by atoms with Crippen LogP contribution in [0, 0.1) is 5.92 Å². The van der Waals surface area contributed by atoms with Gasteiger partial charge in [-0.25, -0.2) is 0 Å². The Hall–Kier alpha value is -3.41. The third-order valence-electron chi connectivity index (χ3n) is 5.54. The third-order valence-corrected chi connectivity index (χ3v) is 5.77. The molecule has 9 nitrogen and oxygen atoms in total. The van der Waals surface area contributed by atoms with E-state index in [9.17, 15) is 22.8 Å². The number of nitrogens with zero attached hydrogens (tertiary/aromatic N) is 6. The normalized spacial score (nSPS) is 14.9. The molecule has 3 heterocycles. The van der Waals surface area contributed by atoms with Crippen molar-refractivity contribution in [3.05, 3.63) is 47.2 Å². The van der Waals surface area contributed by atoms with E-state index < -0.39 is 12.0 Å². The van der Waals surface area contributed by atoms with Crippen molar-refractivity contribution < 1.29 is 22.8 Å². The molecule has 3 aromatic rings. The summed E-state index contributed by atoms with van der Waals surface area (Å²) in [6.45, 7) is 0.750. The number of aromatic nitrogens is 4. The van der Waals surface area contributed by atoms with Crippen LogP contribution >= 0.6 is 11.6 Å². The summed E-state index contributed by atoms with van der Waals surface area (Å²) in [6, 6.07) is 9.71. The van der Waals surface area contributed by atoms with Crippen molar-refractivity contribution in [2.24, 2.45) is 5.92 Å². The van der Waals surface area contributed by atoms with Gasteiger partial charge in [0.2, 0.25) is 11.8 Å². The van der Waals surface area contributed by atoms with E-state index in [1.807, 2.05) is 4.90 Å². The summed E-state index contributed by atoms with van der Waals surface area (Å²) in [4.78, 5) is 28.3. The number of benzene rings is 1. The quantitative estimate of drug-likeness (QED) is 0.584. The molecular weight excluding hydrogens is 475 g/mol. The minimum atomic E-state index is -4.67. The van der Waals surface area contributed by atoms with Gasteiger partial charge < -0.3 is 15.1 Å². The van der Waals surface area contributed by atoms with Crippen LogP contribution in [-0.4, -0.2) is 63.2 Å². The lowest BCUT2D eigenvalue weighted by molar-refractivity contribution is -0.146. The van der Waals surface area contributed by atoms with Crippen LogP contribution in [0.2, 0.25) is 5.02 Å². The van der Waals surface area contributed by atoms with Crippen LogP contribution in [0.1, 0.15) is 18.7 Å². The number of hydrogen-bond donors (Lipinski definition) is 1. The molecule has 13 heteroatoms. The molecule has 4 rings (SSSR count). The van der Waals surface area contributed by atoms with E-state index in [1.165, 1.54) is 11.0 Å². The number of anilines is 2. The Morgan fingerprint density at radius 2 is 1.91 bits per heavy atom. The number of carbonyl (C=O) groups is 2. The zero-order chi connectivity index (χ0) is 24.5. The van der Waals surface area contributed by atoms with Gasteiger partial charge in [-0.2, -0.15) is 17.7 Å². The monoisotopic (exact) mass is 495 g/mol. The van der Waals surface area contributed by atoms with Crippen LogP contribution in [-0.2, 0) is 15.8 Å². The molecule has 1 N–H and O–H groups in total. The number of alkyl halides is 3. The van der Waals surface area contributed by atoms with E-state index in [4.69, 9.17) is 11.6 Å². The largest absolute Gasteiger partial charge is 0.453 e. The van der Waals surface area contributed by atoms with E-state index in [0.717, 1.165) is 0 Å². The molecule has 0 spiro atoms. The molecule has 0 aliphatic carbocycles. The van der Waals surface area contributed by atoms with Gasteiger partial charge >= 0.3 is 6.18 Å². The number of halogens is 4. The van der Waals surface area contributed by atoms with E-state index in [-0.39, 0.29) is 29.9 Å². The molecule has 2 amide bonds. The summed E-state index contributed by atoms with van der Waals surface area (Å²) >= 11 is 5.91. The van der Waals surface area contributed by atoms with Gasteiger partial charge in [-0.3, -0.25) is 9.59 Å². The average molecular weight is 496 g/mol. The first-order valence-electron chi connectivity index (χ1n) is 10.5. The van der Waals surface area contributed by atoms with E-state index in [1.54, 1.807) is 37.4 Å². The highest BCUT2D eigenvalue weighted by molar-refractivity contribution is 6.30. The predicted molar refractivity (Wildman–Crippen MR) is 118 cm³/mol. The number of carbonyl (C=O) groups excluding carboxylic acids is 2. The van der Waals surface area contributed by atoms with Gasteiger partial charge in [-0.1, -0.05) is 17.7 Å². The number of piperidine rings is 1. The Morgan fingerprint density at radius 1 is 1.18 bits per heavy atom. The van der Waals surface area contributed by atoms with Crippen molar-refractivity contribution >= 4 is 40.6 Å². The van der Waals surface area contributed by atoms with Gasteiger partial charge in [0.25, 0.3) is 5.82 Å². The number of likely N-dealkylation sites (N-methyl/N-ethyl adjacent to an activating group) is 1. The van der Waals surface area contributed by atoms with Crippen molar-refractivity contribution in [2.75, 3.05) is 36.9 Å². The maximum atomic E-state index is 13.1. The van der Waals surface area contributed by atoms with Crippen LogP contribution < -0.4 is 10.2 Å². The SMILES string of the molecule is CN(CC(=O)Nc1cccc(Cl)c1)C(=O)C1CCN(c2ccc3nnc(C(F)(F)F)n3n2)CC1. The first-order chi connectivity index (χ1) is 16.1. The molecule has 0 radical (unpaired) electrons. The zero-order valence-electron chi connectivity index (χ0n) is 18.1. The highest BCUT2D eigenvalue weighted by Gasteiger charge is 2.38. The Bertz CT molecular complexity index is 1210. The fourth-order valence-corrected chi connectivity index (χ4v) is 4.04. The summed E-state index contributed by atoms with van der Waals surface area (Å²) < 4.78 is 40.0. The third kappa shape index (κ3) is 5.22. The van der Waals surface area contributed by atoms with Gasteiger partial charge in [0.1, 0.15) is 5.82 Å². The molecule has 1 saturated heterocycles. The lowest BCUT2D eigenvalue weighted by Crippen LogP contribution is -2.43. The number of rotatable bonds is 5. The molecule has 1 aromatic carbocycles. The second-order valence-corrected chi connectivity index (χ2v) is 8.43. The molecule has 0 unspecified atom stereocenters. The Labute approximate surface area is 197 Å². The molecule has 34 heavy (non-hydrogen) atoms. The Kier molecular flexibility index (Phi) is 6.60. The summed E-state index contributed by atoms with van der Waals surface area (Å²) in [5.74, 6) is -1.65. The predicted octanol–water partition coefficient (Wildman–Crippen LogP) is 3.11. The summed E-state index contributed by atoms with van der Waals surface area (Å²) in [5, 5.41) is 13.9. The average Bonchev–Trinajstić information content (AvgIpc) is 3.22. The van der Waals surface area contributed by atoms with Gasteiger partial charge in [0.05, 0.1) is 6.54 Å². The molecule has 1 aliphatic heterocycles. The number of nitrogens with one attached hydrogen (secondary N) is 1. The fraction of sp³-hybridized carbons (Fsp3) is 0.381. The summed E-state index contributed by atoms with van der Waals surface area (Å²) in [5.41, 5.74) is 0.539. The van der Waals surface area contributed by atoms with Gasteiger partial charge in [0.15, 0.2) is 5.65 Å². The minimum Gasteiger partial charge on any atom is -0.355 e. The second-order valence-electron chi connectivity index (χ2n) is 8.00. The van der Waals surface area contributed by atoms with Crippen LogP contribution in [0.4, 0.5) is 24.7 Å². The maximum Gasteiger partial charge on any atom is 0.453 e. The fourth-order valence-electron chi connectivity index (χ4n) is 3.85.